The number of aliphatic hydroxyl groups is 3. The summed E-state index contributed by atoms with van der Waals surface area (Å²) in [6, 6.07) is 19.9. The minimum Gasteiger partial charge on any atom is -0.455 e. The highest BCUT2D eigenvalue weighted by molar-refractivity contribution is 5.97. The standard InChI is InChI=1S/C66H83N5O19/c1-35(2)28-42(70-58(80)43(29-39-22-16-13-17-23-39)69-47(74)32-67-56(78)36(3)4)57(79)68-33-48(75)87-52(50(40-24-18-14-19-25-40)71-61(83)90-62(7,8)9)60(82)86-44-31-66(84)55(88-59(81)41-26-20-15-21-27-41)53-64(12,54(77)51(76)49(37(44)5)63(66,10)11)45(73)30-46-65(53,34-85-46)89-38(6)72/h13-27,35,42-46,50-53,55,73,76,84H,3,28-34H2,1-2,4-12H3,(H,67,78)(H,68,79)(H,69,74)(H,70,80)(H,71,83)/t42?,43?,44-,45+,46-,50+,51-,52-,53+,55+,64-,65+,66-/m1/s1. The second-order valence-corrected chi connectivity index (χ2v) is 25.7. The average Bonchev–Trinajstić information content (AvgIpc) is 0.672. The van der Waals surface area contributed by atoms with Crippen molar-refractivity contribution in [2.45, 2.75) is 173 Å². The smallest absolute Gasteiger partial charge is 0.408 e. The minimum absolute atomic E-state index is 0.00141. The van der Waals surface area contributed by atoms with Gasteiger partial charge in [-0.2, -0.15) is 0 Å². The molecular formula is C66H83N5O19. The lowest BCUT2D eigenvalue weighted by Gasteiger charge is -2.67. The molecule has 1 aliphatic heterocycles. The van der Waals surface area contributed by atoms with Crippen LogP contribution in [0.2, 0.25) is 0 Å². The largest absolute Gasteiger partial charge is 0.455 e. The highest BCUT2D eigenvalue weighted by atomic mass is 16.6. The lowest BCUT2D eigenvalue weighted by molar-refractivity contribution is -0.346. The molecule has 3 fully saturated rings. The van der Waals surface area contributed by atoms with Gasteiger partial charge >= 0.3 is 30.0 Å². The lowest BCUT2D eigenvalue weighted by atomic mass is 9.44. The van der Waals surface area contributed by atoms with E-state index in [4.69, 9.17) is 28.4 Å². The van der Waals surface area contributed by atoms with Gasteiger partial charge in [-0.3, -0.25) is 33.6 Å². The van der Waals surface area contributed by atoms with E-state index in [1.165, 1.54) is 58.9 Å². The first-order chi connectivity index (χ1) is 42.1. The number of esters is 4. The maximum Gasteiger partial charge on any atom is 0.408 e. The van der Waals surface area contributed by atoms with E-state index in [0.717, 1.165) is 6.92 Å². The first-order valence-electron chi connectivity index (χ1n) is 29.9. The fourth-order valence-electron chi connectivity index (χ4n) is 12.7. The fourth-order valence-corrected chi connectivity index (χ4v) is 12.7. The van der Waals surface area contributed by atoms with Crippen LogP contribution in [0.5, 0.6) is 0 Å². The van der Waals surface area contributed by atoms with Crippen molar-refractivity contribution in [3.63, 3.8) is 0 Å². The number of rotatable bonds is 22. The molecule has 24 heteroatoms. The third kappa shape index (κ3) is 14.9. The van der Waals surface area contributed by atoms with Crippen molar-refractivity contribution in [3.05, 3.63) is 131 Å². The van der Waals surface area contributed by atoms with Gasteiger partial charge in [0.15, 0.2) is 11.4 Å². The molecule has 3 aromatic carbocycles. The Hall–Kier alpha value is -8.32. The van der Waals surface area contributed by atoms with Crippen molar-refractivity contribution in [1.29, 1.82) is 0 Å². The minimum atomic E-state index is -2.55. The molecule has 4 aliphatic rings. The van der Waals surface area contributed by atoms with Crippen LogP contribution in [0.15, 0.2) is 114 Å². The quantitative estimate of drug-likeness (QED) is 0.0306. The van der Waals surface area contributed by atoms with Gasteiger partial charge in [-0.1, -0.05) is 113 Å². The Bertz CT molecular complexity index is 3260. The number of amides is 5. The molecule has 90 heavy (non-hydrogen) atoms. The molecule has 3 aliphatic carbocycles. The predicted molar refractivity (Wildman–Crippen MR) is 322 cm³/mol. The zero-order valence-corrected chi connectivity index (χ0v) is 52.5. The number of nitrogens with one attached hydrogen (secondary N) is 5. The van der Waals surface area contributed by atoms with Crippen LogP contribution in [0.25, 0.3) is 0 Å². The number of ether oxygens (including phenoxy) is 6. The third-order valence-electron chi connectivity index (χ3n) is 17.3. The second-order valence-electron chi connectivity index (χ2n) is 25.7. The Morgan fingerprint density at radius 3 is 1.97 bits per heavy atom. The van der Waals surface area contributed by atoms with E-state index >= 15 is 9.59 Å². The first-order valence-corrected chi connectivity index (χ1v) is 29.9. The Balaban J connectivity index is 1.25. The molecule has 0 spiro atoms. The van der Waals surface area contributed by atoms with Crippen molar-refractivity contribution in [2.24, 2.45) is 22.7 Å². The van der Waals surface area contributed by atoms with Crippen molar-refractivity contribution in [3.8, 4) is 0 Å². The van der Waals surface area contributed by atoms with Crippen LogP contribution < -0.4 is 26.6 Å². The van der Waals surface area contributed by atoms with E-state index in [-0.39, 0.29) is 59.6 Å². The van der Waals surface area contributed by atoms with Crippen LogP contribution >= 0.6 is 0 Å². The molecule has 2 saturated carbocycles. The maximum absolute atomic E-state index is 15.5. The van der Waals surface area contributed by atoms with Gasteiger partial charge < -0.3 is 70.3 Å². The number of Topliss-reactive ketones (excluding diaryl/α,β-unsaturated/α-hetero) is 1. The summed E-state index contributed by atoms with van der Waals surface area (Å²) < 4.78 is 36.3. The molecule has 1 heterocycles. The van der Waals surface area contributed by atoms with Gasteiger partial charge in [0.05, 0.1) is 36.2 Å². The van der Waals surface area contributed by atoms with Crippen LogP contribution in [0.1, 0.15) is 123 Å². The Kier molecular flexibility index (Phi) is 21.4. The summed E-state index contributed by atoms with van der Waals surface area (Å²) in [5.74, 6) is -10.4. The number of benzene rings is 3. The normalized spacial score (nSPS) is 26.2. The van der Waals surface area contributed by atoms with Crippen LogP contribution in [-0.2, 0) is 73.2 Å². The number of ketones is 1. The highest BCUT2D eigenvalue weighted by Gasteiger charge is 2.78. The Morgan fingerprint density at radius 2 is 1.40 bits per heavy atom. The number of hydrogen-bond acceptors (Lipinski definition) is 19. The van der Waals surface area contributed by atoms with Gasteiger partial charge in [-0.15, -0.1) is 0 Å². The van der Waals surface area contributed by atoms with Crippen LogP contribution in [-0.4, -0.2) is 160 Å². The molecule has 2 bridgehead atoms. The van der Waals surface area contributed by atoms with E-state index in [1.54, 1.807) is 101 Å². The van der Waals surface area contributed by atoms with Crippen molar-refractivity contribution >= 4 is 59.4 Å². The summed E-state index contributed by atoms with van der Waals surface area (Å²) in [5, 5.41) is 51.4. The van der Waals surface area contributed by atoms with Crippen molar-refractivity contribution < 1.29 is 91.7 Å². The summed E-state index contributed by atoms with van der Waals surface area (Å²) in [5.41, 5.74) is -8.66. The summed E-state index contributed by atoms with van der Waals surface area (Å²) >= 11 is 0. The molecule has 8 N–H and O–H groups in total. The number of alkyl carbamates (subject to hydrolysis) is 1. The van der Waals surface area contributed by atoms with E-state index in [1.807, 2.05) is 0 Å². The third-order valence-corrected chi connectivity index (χ3v) is 17.3. The number of carbonyl (C=O) groups is 10. The molecule has 7 rings (SSSR count). The van der Waals surface area contributed by atoms with Gasteiger partial charge in [0.25, 0.3) is 0 Å². The molecule has 1 saturated heterocycles. The topological polar surface area (TPSA) is 347 Å². The Morgan fingerprint density at radius 1 is 0.789 bits per heavy atom. The predicted octanol–water partition coefficient (Wildman–Crippen LogP) is 3.88. The molecule has 3 aromatic rings. The number of aliphatic hydroxyl groups excluding tert-OH is 2. The number of fused-ring (bicyclic) bond motifs is 5. The lowest BCUT2D eigenvalue weighted by Crippen LogP contribution is -2.81. The highest BCUT2D eigenvalue weighted by Crippen LogP contribution is 2.64. The molecule has 13 atom stereocenters. The van der Waals surface area contributed by atoms with E-state index in [9.17, 15) is 53.7 Å². The number of hydrogen-bond donors (Lipinski definition) is 8. The summed E-state index contributed by atoms with van der Waals surface area (Å²) in [7, 11) is 0. The Labute approximate surface area is 522 Å². The molecular weight excluding hydrogens is 1170 g/mol. The molecule has 5 amide bonds. The second kappa shape index (κ2) is 27.8. The van der Waals surface area contributed by atoms with Crippen LogP contribution in [0.4, 0.5) is 4.79 Å². The van der Waals surface area contributed by atoms with Crippen LogP contribution in [0, 0.1) is 22.7 Å². The molecule has 24 nitrogen and oxygen atoms in total. The zero-order chi connectivity index (χ0) is 66.4. The molecule has 0 radical (unpaired) electrons. The zero-order valence-electron chi connectivity index (χ0n) is 52.5. The summed E-state index contributed by atoms with van der Waals surface area (Å²) in [4.78, 5) is 140. The monoisotopic (exact) mass is 1250 g/mol. The maximum atomic E-state index is 15.5. The molecule has 2 unspecified atom stereocenters. The number of carbonyl (C=O) groups excluding carboxylic acids is 10. The molecule has 486 valence electrons. The summed E-state index contributed by atoms with van der Waals surface area (Å²) in [6.07, 6.45) is -12.8. The van der Waals surface area contributed by atoms with Gasteiger partial charge in [-0.05, 0) is 88.3 Å². The van der Waals surface area contributed by atoms with Gasteiger partial charge in [0.2, 0.25) is 29.7 Å². The average molecular weight is 1250 g/mol. The molecule has 0 aromatic heterocycles. The fraction of sp³-hybridized carbons (Fsp3) is 0.515. The van der Waals surface area contributed by atoms with E-state index in [0.29, 0.717) is 5.56 Å². The van der Waals surface area contributed by atoms with Gasteiger partial charge in [0.1, 0.15) is 60.3 Å². The van der Waals surface area contributed by atoms with Crippen LogP contribution in [0.3, 0.4) is 0 Å². The SMILES string of the molecule is C=C(C)C(=O)NCC(=O)NC(Cc1ccccc1)C(=O)NC(CC(C)C)C(=O)NCC(=O)O[C@@H](C(=O)O[C@@H]1C[C@@]2(O)[C@@H](OC(=O)c3ccccc3)[C@@H]3[C@]4(OC(C)=O)CO[C@@H]4C[C@H](O)[C@@]3(C)C(=O)[C@H](O)C(=C1C)C2(C)C)[C@@H](NC(=O)OC(C)(C)C)c1ccccc1. The van der Waals surface area contributed by atoms with Crippen molar-refractivity contribution in [2.75, 3.05) is 19.7 Å². The van der Waals surface area contributed by atoms with E-state index < -0.39 is 167 Å². The van der Waals surface area contributed by atoms with Crippen molar-refractivity contribution in [1.82, 2.24) is 26.6 Å². The van der Waals surface area contributed by atoms with Gasteiger partial charge in [0, 0.05) is 37.2 Å². The summed E-state index contributed by atoms with van der Waals surface area (Å²) in [6.45, 7) is 18.3. The van der Waals surface area contributed by atoms with Gasteiger partial charge in [-0.25, -0.2) is 14.4 Å². The first kappa shape index (κ1) is 69.2. The van der Waals surface area contributed by atoms with E-state index in [2.05, 4.69) is 33.2 Å².